The Morgan fingerprint density at radius 3 is 2.74 bits per heavy atom. The topological polar surface area (TPSA) is 92.9 Å². The molecule has 0 aliphatic rings. The van der Waals surface area contributed by atoms with E-state index < -0.39 is 11.0 Å². The van der Waals surface area contributed by atoms with E-state index in [0.717, 1.165) is 17.7 Å². The summed E-state index contributed by atoms with van der Waals surface area (Å²) < 4.78 is 5.77. The lowest BCUT2D eigenvalue weighted by atomic mass is 10.1. The molecule has 1 atom stereocenters. The van der Waals surface area contributed by atoms with E-state index in [-0.39, 0.29) is 24.1 Å². The van der Waals surface area contributed by atoms with Gasteiger partial charge in [-0.3, -0.25) is 10.1 Å². The summed E-state index contributed by atoms with van der Waals surface area (Å²) >= 11 is 5.89. The van der Waals surface area contributed by atoms with Crippen molar-refractivity contribution >= 4 is 23.4 Å². The minimum absolute atomic E-state index is 0.113. The van der Waals surface area contributed by atoms with Crippen molar-refractivity contribution in [2.45, 2.75) is 38.7 Å². The van der Waals surface area contributed by atoms with Gasteiger partial charge in [-0.15, -0.1) is 0 Å². The van der Waals surface area contributed by atoms with Crippen molar-refractivity contribution in [1.82, 2.24) is 4.90 Å². The number of hydrogen-bond acceptors (Lipinski definition) is 4. The molecular formula is C15H21ClN2O5. The summed E-state index contributed by atoms with van der Waals surface area (Å²) in [6.45, 7) is 2.32. The minimum Gasteiger partial charge on any atom is -0.483 e. The summed E-state index contributed by atoms with van der Waals surface area (Å²) in [4.78, 5) is 22.6. The highest BCUT2D eigenvalue weighted by Crippen LogP contribution is 2.31. The molecule has 7 nitrogen and oxygen atoms in total. The van der Waals surface area contributed by atoms with E-state index in [1.807, 2.05) is 6.92 Å². The number of unbranched alkanes of at least 4 members (excludes halogenated alkanes) is 1. The summed E-state index contributed by atoms with van der Waals surface area (Å²) in [6.07, 6.45) is 1.64. The second kappa shape index (κ2) is 9.19. The molecule has 1 aromatic carbocycles. The fourth-order valence-corrected chi connectivity index (χ4v) is 2.20. The van der Waals surface area contributed by atoms with Gasteiger partial charge in [-0.1, -0.05) is 31.4 Å². The number of ether oxygens (including phenoxy) is 1. The Morgan fingerprint density at radius 2 is 2.17 bits per heavy atom. The van der Waals surface area contributed by atoms with Gasteiger partial charge >= 0.3 is 11.8 Å². The van der Waals surface area contributed by atoms with Gasteiger partial charge in [0.1, 0.15) is 6.10 Å². The first-order valence-corrected chi connectivity index (χ1v) is 7.77. The molecule has 0 fully saturated rings. The molecule has 128 valence electrons. The van der Waals surface area contributed by atoms with E-state index in [1.54, 1.807) is 0 Å². The monoisotopic (exact) mass is 344 g/mol. The third-order valence-corrected chi connectivity index (χ3v) is 3.64. The predicted molar refractivity (Wildman–Crippen MR) is 87.3 cm³/mol. The van der Waals surface area contributed by atoms with Crippen LogP contribution in [0.4, 0.5) is 10.5 Å². The summed E-state index contributed by atoms with van der Waals surface area (Å²) in [6, 6.07) is 4.16. The lowest BCUT2D eigenvalue weighted by Crippen LogP contribution is -2.30. The molecule has 23 heavy (non-hydrogen) atoms. The number of rotatable bonds is 9. The van der Waals surface area contributed by atoms with Crippen LogP contribution in [-0.2, 0) is 0 Å². The van der Waals surface area contributed by atoms with E-state index in [1.165, 1.54) is 25.2 Å². The maximum Gasteiger partial charge on any atom is 0.407 e. The van der Waals surface area contributed by atoms with E-state index in [4.69, 9.17) is 21.4 Å². The highest BCUT2D eigenvalue weighted by molar-refractivity contribution is 6.30. The van der Waals surface area contributed by atoms with Crippen LogP contribution < -0.4 is 4.74 Å². The van der Waals surface area contributed by atoms with E-state index in [0.29, 0.717) is 17.9 Å². The molecule has 0 heterocycles. The summed E-state index contributed by atoms with van der Waals surface area (Å²) in [5.41, 5.74) is -0.150. The third-order valence-electron chi connectivity index (χ3n) is 3.40. The molecule has 8 heteroatoms. The number of nitrogens with zero attached hydrogens (tertiary/aromatic N) is 2. The zero-order valence-electron chi connectivity index (χ0n) is 13.2. The smallest absolute Gasteiger partial charge is 0.407 e. The van der Waals surface area contributed by atoms with Gasteiger partial charge in [0.15, 0.2) is 5.75 Å². The van der Waals surface area contributed by atoms with Crippen LogP contribution in [0.15, 0.2) is 18.2 Å². The van der Waals surface area contributed by atoms with Gasteiger partial charge in [0.25, 0.3) is 0 Å². The Balaban J connectivity index is 2.85. The highest BCUT2D eigenvalue weighted by atomic mass is 35.5. The van der Waals surface area contributed by atoms with E-state index >= 15 is 0 Å². The van der Waals surface area contributed by atoms with Gasteiger partial charge in [-0.2, -0.15) is 0 Å². The van der Waals surface area contributed by atoms with E-state index in [2.05, 4.69) is 0 Å². The van der Waals surface area contributed by atoms with Gasteiger partial charge in [-0.25, -0.2) is 4.79 Å². The minimum atomic E-state index is -1.02. The normalized spacial score (nSPS) is 11.8. The number of nitro groups is 1. The van der Waals surface area contributed by atoms with Crippen LogP contribution in [0.25, 0.3) is 0 Å². The number of carbonyl (C=O) groups is 1. The van der Waals surface area contributed by atoms with Crippen molar-refractivity contribution in [3.63, 3.8) is 0 Å². The molecule has 0 aromatic heterocycles. The van der Waals surface area contributed by atoms with Crippen LogP contribution in [0, 0.1) is 10.1 Å². The van der Waals surface area contributed by atoms with Crippen LogP contribution in [0.3, 0.4) is 0 Å². The number of nitro benzene ring substituents is 1. The summed E-state index contributed by atoms with van der Waals surface area (Å²) in [7, 11) is 1.47. The van der Waals surface area contributed by atoms with Crippen LogP contribution in [0.1, 0.15) is 32.6 Å². The maximum atomic E-state index is 11.1. The second-order valence-corrected chi connectivity index (χ2v) is 5.68. The van der Waals surface area contributed by atoms with Crippen molar-refractivity contribution in [2.75, 3.05) is 13.6 Å². The lowest BCUT2D eigenvalue weighted by Gasteiger charge is -2.21. The number of benzene rings is 1. The second-order valence-electron chi connectivity index (χ2n) is 5.24. The number of amides is 1. The first kappa shape index (κ1) is 19.0. The zero-order chi connectivity index (χ0) is 17.4. The average Bonchev–Trinajstić information content (AvgIpc) is 2.49. The molecular weight excluding hydrogens is 324 g/mol. The Morgan fingerprint density at radius 1 is 1.48 bits per heavy atom. The fraction of sp³-hybridized carbons (Fsp3) is 0.533. The molecule has 0 radical (unpaired) electrons. The molecule has 1 rings (SSSR count). The van der Waals surface area contributed by atoms with E-state index in [9.17, 15) is 14.9 Å². The average molecular weight is 345 g/mol. The molecule has 1 amide bonds. The molecule has 0 saturated heterocycles. The molecule has 0 aliphatic carbocycles. The Hall–Kier alpha value is -2.02. The largest absolute Gasteiger partial charge is 0.483 e. The Labute approximate surface area is 140 Å². The zero-order valence-corrected chi connectivity index (χ0v) is 14.0. The molecule has 0 bridgehead atoms. The lowest BCUT2D eigenvalue weighted by molar-refractivity contribution is -0.386. The van der Waals surface area contributed by atoms with Crippen molar-refractivity contribution in [3.05, 3.63) is 33.3 Å². The standard InChI is InChI=1S/C15H21ClN2O5/c1-3-4-5-12(8-9-17(2)15(19)20)23-14-10-11(16)6-7-13(14)18(21)22/h6-7,10,12H,3-5,8-9H2,1-2H3,(H,19,20). The number of carboxylic acid groups (broad SMARTS) is 1. The van der Waals surface area contributed by atoms with Gasteiger partial charge in [-0.05, 0) is 12.5 Å². The van der Waals surface area contributed by atoms with Gasteiger partial charge in [0, 0.05) is 37.2 Å². The van der Waals surface area contributed by atoms with Crippen molar-refractivity contribution < 1.29 is 19.6 Å². The summed E-state index contributed by atoms with van der Waals surface area (Å²) in [5.74, 6) is 0.113. The SMILES string of the molecule is CCCCC(CCN(C)C(=O)O)Oc1cc(Cl)ccc1[N+](=O)[O-]. The third kappa shape index (κ3) is 6.32. The van der Waals surface area contributed by atoms with Crippen LogP contribution in [0.2, 0.25) is 5.02 Å². The van der Waals surface area contributed by atoms with Crippen molar-refractivity contribution in [3.8, 4) is 5.75 Å². The Bertz CT molecular complexity index is 553. The van der Waals surface area contributed by atoms with Gasteiger partial charge in [0.2, 0.25) is 0 Å². The molecule has 0 aliphatic heterocycles. The molecule has 1 unspecified atom stereocenters. The molecule has 1 N–H and O–H groups in total. The van der Waals surface area contributed by atoms with Crippen LogP contribution in [0.5, 0.6) is 5.75 Å². The highest BCUT2D eigenvalue weighted by Gasteiger charge is 2.20. The van der Waals surface area contributed by atoms with Crippen LogP contribution >= 0.6 is 11.6 Å². The van der Waals surface area contributed by atoms with Crippen molar-refractivity contribution in [2.24, 2.45) is 0 Å². The summed E-state index contributed by atoms with van der Waals surface area (Å²) in [5, 5.41) is 20.3. The van der Waals surface area contributed by atoms with Gasteiger partial charge in [0.05, 0.1) is 4.92 Å². The first-order valence-electron chi connectivity index (χ1n) is 7.39. The van der Waals surface area contributed by atoms with Gasteiger partial charge < -0.3 is 14.7 Å². The fourth-order valence-electron chi connectivity index (χ4n) is 2.04. The predicted octanol–water partition coefficient (Wildman–Crippen LogP) is 4.19. The maximum absolute atomic E-state index is 11.1. The van der Waals surface area contributed by atoms with Crippen molar-refractivity contribution in [1.29, 1.82) is 0 Å². The molecule has 0 spiro atoms. The molecule has 0 saturated carbocycles. The quantitative estimate of drug-likeness (QED) is 0.535. The number of halogens is 1. The number of hydrogen-bond donors (Lipinski definition) is 1. The first-order chi connectivity index (χ1) is 10.8. The molecule has 1 aromatic rings. The van der Waals surface area contributed by atoms with Crippen LogP contribution in [-0.4, -0.2) is 40.7 Å². The Kier molecular flexibility index (Phi) is 7.61.